The van der Waals surface area contributed by atoms with Gasteiger partial charge in [0.05, 0.1) is 29.2 Å². The van der Waals surface area contributed by atoms with Crippen molar-refractivity contribution in [1.29, 1.82) is 0 Å². The van der Waals surface area contributed by atoms with Crippen LogP contribution in [0.1, 0.15) is 47.3 Å². The van der Waals surface area contributed by atoms with Crippen molar-refractivity contribution in [3.63, 3.8) is 0 Å². The van der Waals surface area contributed by atoms with Crippen molar-refractivity contribution >= 4 is 28.0 Å². The first-order chi connectivity index (χ1) is 11.4. The summed E-state index contributed by atoms with van der Waals surface area (Å²) in [6.07, 6.45) is 1.80. The quantitative estimate of drug-likeness (QED) is 0.709. The van der Waals surface area contributed by atoms with Gasteiger partial charge < -0.3 is 5.32 Å². The third-order valence-electron chi connectivity index (χ3n) is 3.85. The molecule has 0 aromatic carbocycles. The molecule has 1 amide bonds. The Hall–Kier alpha value is -2.55. The molecule has 1 atom stereocenters. The van der Waals surface area contributed by atoms with Crippen LogP contribution < -0.4 is 5.32 Å². The second-order valence-electron chi connectivity index (χ2n) is 5.68. The average Bonchev–Trinajstić information content (AvgIpc) is 3.12. The van der Waals surface area contributed by atoms with Crippen LogP contribution in [-0.4, -0.2) is 36.1 Å². The Morgan fingerprint density at radius 3 is 2.75 bits per heavy atom. The Kier molecular flexibility index (Phi) is 4.18. The van der Waals surface area contributed by atoms with Gasteiger partial charge in [0.25, 0.3) is 0 Å². The molecule has 8 nitrogen and oxygen atoms in total. The second kappa shape index (κ2) is 6.16. The van der Waals surface area contributed by atoms with E-state index in [-0.39, 0.29) is 24.3 Å². The van der Waals surface area contributed by atoms with Crippen LogP contribution in [0.2, 0.25) is 0 Å². The van der Waals surface area contributed by atoms with Crippen molar-refractivity contribution in [3.8, 4) is 0 Å². The topological polar surface area (TPSA) is 94.2 Å². The zero-order valence-corrected chi connectivity index (χ0v) is 14.7. The van der Waals surface area contributed by atoms with E-state index in [1.807, 2.05) is 6.92 Å². The Morgan fingerprint density at radius 2 is 2.12 bits per heavy atom. The molecule has 9 heteroatoms. The van der Waals surface area contributed by atoms with Gasteiger partial charge in [0.15, 0.2) is 5.78 Å². The van der Waals surface area contributed by atoms with Crippen molar-refractivity contribution in [2.45, 2.75) is 40.3 Å². The fourth-order valence-corrected chi connectivity index (χ4v) is 3.33. The third kappa shape index (κ3) is 2.94. The van der Waals surface area contributed by atoms with E-state index in [1.165, 1.54) is 18.3 Å². The first kappa shape index (κ1) is 16.3. The van der Waals surface area contributed by atoms with E-state index in [0.29, 0.717) is 17.0 Å². The molecule has 0 spiro atoms. The number of nitrogens with one attached hydrogen (secondary N) is 1. The van der Waals surface area contributed by atoms with Crippen molar-refractivity contribution in [1.82, 2.24) is 29.7 Å². The molecule has 1 N–H and O–H groups in total. The Bertz CT molecular complexity index is 893. The molecule has 0 aliphatic carbocycles. The van der Waals surface area contributed by atoms with Gasteiger partial charge in [-0.15, -0.1) is 0 Å². The van der Waals surface area contributed by atoms with Gasteiger partial charge in [-0.25, -0.2) is 9.50 Å². The minimum atomic E-state index is -0.240. The standard InChI is InChI=1S/C15H18N6O2S/c1-8(12-5-21-15(18-12)24-7-16-21)17-13(23)6-20-10(3)14(11(4)22)9(2)19-20/h5,7-8H,6H2,1-4H3,(H,17,23). The van der Waals surface area contributed by atoms with Gasteiger partial charge in [-0.3, -0.25) is 14.3 Å². The Morgan fingerprint density at radius 1 is 1.38 bits per heavy atom. The number of carbonyl (C=O) groups is 2. The highest BCUT2D eigenvalue weighted by Crippen LogP contribution is 2.16. The van der Waals surface area contributed by atoms with E-state index in [9.17, 15) is 9.59 Å². The number of rotatable bonds is 5. The lowest BCUT2D eigenvalue weighted by molar-refractivity contribution is -0.122. The molecule has 126 valence electrons. The van der Waals surface area contributed by atoms with Gasteiger partial charge in [-0.1, -0.05) is 11.3 Å². The first-order valence-electron chi connectivity index (χ1n) is 7.50. The number of aryl methyl sites for hydroxylation is 1. The van der Waals surface area contributed by atoms with E-state index in [2.05, 4.69) is 20.5 Å². The fraction of sp³-hybridized carbons (Fsp3) is 0.400. The summed E-state index contributed by atoms with van der Waals surface area (Å²) in [6, 6.07) is -0.240. The molecule has 0 fully saturated rings. The van der Waals surface area contributed by atoms with Gasteiger partial charge >= 0.3 is 0 Å². The summed E-state index contributed by atoms with van der Waals surface area (Å²) < 4.78 is 3.24. The number of nitrogens with zero attached hydrogens (tertiary/aromatic N) is 5. The summed E-state index contributed by atoms with van der Waals surface area (Å²) >= 11 is 1.44. The van der Waals surface area contributed by atoms with Gasteiger partial charge in [0, 0.05) is 5.69 Å². The number of imidazole rings is 1. The van der Waals surface area contributed by atoms with E-state index >= 15 is 0 Å². The highest BCUT2D eigenvalue weighted by Gasteiger charge is 2.19. The molecule has 0 saturated carbocycles. The minimum Gasteiger partial charge on any atom is -0.346 e. The van der Waals surface area contributed by atoms with Crippen molar-refractivity contribution < 1.29 is 9.59 Å². The lowest BCUT2D eigenvalue weighted by Gasteiger charge is -2.12. The van der Waals surface area contributed by atoms with Gasteiger partial charge in [0.1, 0.15) is 12.1 Å². The molecule has 0 aliphatic heterocycles. The van der Waals surface area contributed by atoms with Crippen LogP contribution in [-0.2, 0) is 11.3 Å². The van der Waals surface area contributed by atoms with E-state index in [0.717, 1.165) is 10.7 Å². The van der Waals surface area contributed by atoms with E-state index in [4.69, 9.17) is 0 Å². The first-order valence-corrected chi connectivity index (χ1v) is 8.38. The lowest BCUT2D eigenvalue weighted by atomic mass is 10.1. The smallest absolute Gasteiger partial charge is 0.242 e. The Balaban J connectivity index is 1.70. The van der Waals surface area contributed by atoms with E-state index in [1.54, 1.807) is 34.8 Å². The van der Waals surface area contributed by atoms with Gasteiger partial charge in [0.2, 0.25) is 10.9 Å². The maximum atomic E-state index is 12.3. The predicted octanol–water partition coefficient (Wildman–Crippen LogP) is 1.68. The van der Waals surface area contributed by atoms with Crippen molar-refractivity contribution in [2.24, 2.45) is 0 Å². The van der Waals surface area contributed by atoms with Crippen LogP contribution in [0.15, 0.2) is 11.7 Å². The fourth-order valence-electron chi connectivity index (χ4n) is 2.72. The average molecular weight is 346 g/mol. The van der Waals surface area contributed by atoms with Crippen LogP contribution in [0.4, 0.5) is 0 Å². The van der Waals surface area contributed by atoms with Crippen LogP contribution in [0.25, 0.3) is 4.96 Å². The zero-order chi connectivity index (χ0) is 17.4. The molecule has 1 unspecified atom stereocenters. The van der Waals surface area contributed by atoms with Crippen LogP contribution in [0.3, 0.4) is 0 Å². The number of hydrogen-bond donors (Lipinski definition) is 1. The number of Topliss-reactive ketones (excluding diaryl/α,β-unsaturated/α-hetero) is 1. The minimum absolute atomic E-state index is 0.0457. The summed E-state index contributed by atoms with van der Waals surface area (Å²) in [4.78, 5) is 29.1. The molecule has 0 radical (unpaired) electrons. The summed E-state index contributed by atoms with van der Waals surface area (Å²) in [6.45, 7) is 6.99. The number of aromatic nitrogens is 5. The molecule has 0 bridgehead atoms. The summed E-state index contributed by atoms with van der Waals surface area (Å²) in [7, 11) is 0. The summed E-state index contributed by atoms with van der Waals surface area (Å²) in [5.74, 6) is -0.233. The second-order valence-corrected chi connectivity index (χ2v) is 6.49. The maximum Gasteiger partial charge on any atom is 0.242 e. The monoisotopic (exact) mass is 346 g/mol. The van der Waals surface area contributed by atoms with Crippen molar-refractivity contribution in [2.75, 3.05) is 0 Å². The third-order valence-corrected chi connectivity index (χ3v) is 4.54. The lowest BCUT2D eigenvalue weighted by Crippen LogP contribution is -2.31. The molecule has 24 heavy (non-hydrogen) atoms. The zero-order valence-electron chi connectivity index (χ0n) is 13.9. The molecule has 3 aromatic heterocycles. The maximum absolute atomic E-state index is 12.3. The molecular formula is C15H18N6O2S. The number of ketones is 1. The largest absolute Gasteiger partial charge is 0.346 e. The van der Waals surface area contributed by atoms with Crippen LogP contribution >= 0.6 is 11.3 Å². The Labute approximate surface area is 142 Å². The predicted molar refractivity (Wildman–Crippen MR) is 89.1 cm³/mol. The van der Waals surface area contributed by atoms with Gasteiger partial charge in [-0.05, 0) is 27.7 Å². The molecule has 3 heterocycles. The summed E-state index contributed by atoms with van der Waals surface area (Å²) in [5.41, 5.74) is 4.39. The highest BCUT2D eigenvalue weighted by molar-refractivity contribution is 7.14. The normalized spacial score (nSPS) is 12.5. The van der Waals surface area contributed by atoms with E-state index < -0.39 is 0 Å². The van der Waals surface area contributed by atoms with Crippen LogP contribution in [0.5, 0.6) is 0 Å². The molecule has 3 rings (SSSR count). The number of carbonyl (C=O) groups excluding carboxylic acids is 2. The number of amides is 1. The highest BCUT2D eigenvalue weighted by atomic mass is 32.1. The number of hydrogen-bond acceptors (Lipinski definition) is 6. The molecular weight excluding hydrogens is 328 g/mol. The SMILES string of the molecule is CC(=O)c1c(C)nn(CC(=O)NC(C)c2cn3ncsc3n2)c1C. The molecule has 3 aromatic rings. The van der Waals surface area contributed by atoms with Crippen LogP contribution in [0, 0.1) is 13.8 Å². The molecule has 0 aliphatic rings. The van der Waals surface area contributed by atoms with Crippen molar-refractivity contribution in [3.05, 3.63) is 34.4 Å². The summed E-state index contributed by atoms with van der Waals surface area (Å²) in [5, 5.41) is 11.3. The number of fused-ring (bicyclic) bond motifs is 1. The molecule has 0 saturated heterocycles. The van der Waals surface area contributed by atoms with Gasteiger partial charge in [-0.2, -0.15) is 10.2 Å².